The van der Waals surface area contributed by atoms with Gasteiger partial charge in [0.1, 0.15) is 0 Å². The molecule has 1 amide bonds. The minimum Gasteiger partial charge on any atom is -0.480 e. The molecular weight excluding hydrogens is 246 g/mol. The molecule has 1 rings (SSSR count). The van der Waals surface area contributed by atoms with Crippen LogP contribution in [0.4, 0.5) is 0 Å². The van der Waals surface area contributed by atoms with Crippen LogP contribution < -0.4 is 0 Å². The van der Waals surface area contributed by atoms with E-state index >= 15 is 0 Å². The van der Waals surface area contributed by atoms with E-state index in [2.05, 4.69) is 0 Å². The molecule has 1 aliphatic rings. The summed E-state index contributed by atoms with van der Waals surface area (Å²) >= 11 is 0. The first kappa shape index (κ1) is 15.9. The lowest BCUT2D eigenvalue weighted by Gasteiger charge is -2.30. The van der Waals surface area contributed by atoms with Crippen LogP contribution in [0.1, 0.15) is 19.8 Å². The average molecular weight is 271 g/mol. The predicted octanol–water partition coefficient (Wildman–Crippen LogP) is -0.0545. The second-order valence-electron chi connectivity index (χ2n) is 5.38. The lowest BCUT2D eigenvalue weighted by atomic mass is 10.2. The van der Waals surface area contributed by atoms with Crippen molar-refractivity contribution in [3.05, 3.63) is 0 Å². The summed E-state index contributed by atoms with van der Waals surface area (Å²) in [6.07, 6.45) is 2.10. The van der Waals surface area contributed by atoms with Gasteiger partial charge in [0, 0.05) is 26.2 Å². The number of rotatable bonds is 7. The second-order valence-corrected chi connectivity index (χ2v) is 5.38. The van der Waals surface area contributed by atoms with Gasteiger partial charge in [-0.2, -0.15) is 0 Å². The van der Waals surface area contributed by atoms with E-state index in [1.54, 1.807) is 11.8 Å². The van der Waals surface area contributed by atoms with E-state index < -0.39 is 5.97 Å². The first-order valence-corrected chi connectivity index (χ1v) is 6.81. The molecule has 1 heterocycles. The van der Waals surface area contributed by atoms with Gasteiger partial charge in [-0.25, -0.2) is 0 Å². The molecular formula is C13H25N3O3. The van der Waals surface area contributed by atoms with E-state index in [0.717, 1.165) is 32.5 Å². The predicted molar refractivity (Wildman–Crippen MR) is 73.0 cm³/mol. The molecule has 1 aliphatic heterocycles. The third-order valence-electron chi connectivity index (χ3n) is 3.50. The minimum absolute atomic E-state index is 0.0532. The summed E-state index contributed by atoms with van der Waals surface area (Å²) in [7, 11) is 3.87. The van der Waals surface area contributed by atoms with Gasteiger partial charge in [0.2, 0.25) is 5.91 Å². The van der Waals surface area contributed by atoms with Gasteiger partial charge in [-0.1, -0.05) is 0 Å². The minimum atomic E-state index is -0.889. The van der Waals surface area contributed by atoms with Gasteiger partial charge in [-0.05, 0) is 33.9 Å². The Morgan fingerprint density at radius 3 is 2.26 bits per heavy atom. The maximum absolute atomic E-state index is 12.3. The SMILES string of the molecule is CC(C(=O)N1CCCC1)N(CCN(C)C)CC(=O)O. The quantitative estimate of drug-likeness (QED) is 0.703. The van der Waals surface area contributed by atoms with Crippen LogP contribution in [0, 0.1) is 0 Å². The summed E-state index contributed by atoms with van der Waals surface area (Å²) < 4.78 is 0. The van der Waals surface area contributed by atoms with E-state index in [0.29, 0.717) is 6.54 Å². The highest BCUT2D eigenvalue weighted by molar-refractivity contribution is 5.82. The third kappa shape index (κ3) is 5.16. The van der Waals surface area contributed by atoms with Gasteiger partial charge in [-0.15, -0.1) is 0 Å². The molecule has 0 spiro atoms. The number of aliphatic carboxylic acids is 1. The van der Waals surface area contributed by atoms with E-state index in [1.807, 2.05) is 23.9 Å². The zero-order valence-corrected chi connectivity index (χ0v) is 12.1. The number of likely N-dealkylation sites (tertiary alicyclic amines) is 1. The number of likely N-dealkylation sites (N-methyl/N-ethyl adjacent to an activating group) is 1. The van der Waals surface area contributed by atoms with Crippen LogP contribution in [0.15, 0.2) is 0 Å². The first-order chi connectivity index (χ1) is 8.91. The molecule has 6 nitrogen and oxygen atoms in total. The number of amides is 1. The van der Waals surface area contributed by atoms with Crippen molar-refractivity contribution in [2.45, 2.75) is 25.8 Å². The number of hydrogen-bond acceptors (Lipinski definition) is 4. The maximum atomic E-state index is 12.3. The van der Waals surface area contributed by atoms with Gasteiger partial charge in [0.05, 0.1) is 12.6 Å². The molecule has 19 heavy (non-hydrogen) atoms. The first-order valence-electron chi connectivity index (χ1n) is 6.81. The van der Waals surface area contributed by atoms with Crippen molar-refractivity contribution in [3.63, 3.8) is 0 Å². The standard InChI is InChI=1S/C13H25N3O3/c1-11(13(19)15-6-4-5-7-15)16(10-12(17)18)9-8-14(2)3/h11H,4-10H2,1-3H3,(H,17,18). The zero-order valence-electron chi connectivity index (χ0n) is 12.1. The second kappa shape index (κ2) is 7.45. The third-order valence-corrected chi connectivity index (χ3v) is 3.50. The summed E-state index contributed by atoms with van der Waals surface area (Å²) in [5.74, 6) is -0.836. The van der Waals surface area contributed by atoms with Gasteiger partial charge in [0.15, 0.2) is 0 Å². The van der Waals surface area contributed by atoms with E-state index in [9.17, 15) is 9.59 Å². The highest BCUT2D eigenvalue weighted by Gasteiger charge is 2.28. The molecule has 0 aliphatic carbocycles. The molecule has 1 saturated heterocycles. The topological polar surface area (TPSA) is 64.1 Å². The molecule has 0 aromatic carbocycles. The Labute approximate surface area is 115 Å². The zero-order chi connectivity index (χ0) is 14.4. The molecule has 1 N–H and O–H groups in total. The molecule has 6 heteroatoms. The summed E-state index contributed by atoms with van der Waals surface area (Å²) in [4.78, 5) is 28.8. The summed E-state index contributed by atoms with van der Waals surface area (Å²) in [6.45, 7) is 4.65. The molecule has 0 aromatic heterocycles. The van der Waals surface area contributed by atoms with Crippen LogP contribution in [0.25, 0.3) is 0 Å². The average Bonchev–Trinajstić information content (AvgIpc) is 2.85. The molecule has 0 bridgehead atoms. The monoisotopic (exact) mass is 271 g/mol. The largest absolute Gasteiger partial charge is 0.480 e. The van der Waals surface area contributed by atoms with Crippen LogP contribution in [0.5, 0.6) is 0 Å². The number of carboxylic acid groups (broad SMARTS) is 1. The Bertz CT molecular complexity index is 314. The fraction of sp³-hybridized carbons (Fsp3) is 0.846. The van der Waals surface area contributed by atoms with Gasteiger partial charge in [-0.3, -0.25) is 14.5 Å². The molecule has 0 saturated carbocycles. The van der Waals surface area contributed by atoms with E-state index in [1.165, 1.54) is 0 Å². The fourth-order valence-corrected chi connectivity index (χ4v) is 2.27. The fourth-order valence-electron chi connectivity index (χ4n) is 2.27. The molecule has 1 fully saturated rings. The van der Waals surface area contributed by atoms with Crippen molar-refractivity contribution in [3.8, 4) is 0 Å². The number of nitrogens with zero attached hydrogens (tertiary/aromatic N) is 3. The van der Waals surface area contributed by atoms with Gasteiger partial charge in [0.25, 0.3) is 0 Å². The van der Waals surface area contributed by atoms with Crippen LogP contribution in [0.2, 0.25) is 0 Å². The van der Waals surface area contributed by atoms with Crippen LogP contribution >= 0.6 is 0 Å². The Kier molecular flexibility index (Phi) is 6.24. The van der Waals surface area contributed by atoms with Gasteiger partial charge < -0.3 is 14.9 Å². The number of carboxylic acids is 1. The number of carbonyl (C=O) groups is 2. The van der Waals surface area contributed by atoms with Gasteiger partial charge >= 0.3 is 5.97 Å². The Balaban J connectivity index is 2.60. The van der Waals surface area contributed by atoms with Crippen molar-refractivity contribution in [2.24, 2.45) is 0 Å². The smallest absolute Gasteiger partial charge is 0.317 e. The summed E-state index contributed by atoms with van der Waals surface area (Å²) in [6, 6.07) is -0.367. The lowest BCUT2D eigenvalue weighted by Crippen LogP contribution is -2.49. The van der Waals surface area contributed by atoms with Crippen molar-refractivity contribution in [2.75, 3.05) is 46.8 Å². The summed E-state index contributed by atoms with van der Waals surface area (Å²) in [5, 5.41) is 8.96. The molecule has 1 unspecified atom stereocenters. The Hall–Kier alpha value is -1.14. The van der Waals surface area contributed by atoms with Crippen molar-refractivity contribution >= 4 is 11.9 Å². The number of carbonyl (C=O) groups excluding carboxylic acids is 1. The van der Waals surface area contributed by atoms with Crippen LogP contribution in [-0.2, 0) is 9.59 Å². The van der Waals surface area contributed by atoms with Crippen LogP contribution in [0.3, 0.4) is 0 Å². The number of hydrogen-bond donors (Lipinski definition) is 1. The Morgan fingerprint density at radius 2 is 1.79 bits per heavy atom. The van der Waals surface area contributed by atoms with Crippen molar-refractivity contribution in [1.82, 2.24) is 14.7 Å². The Morgan fingerprint density at radius 1 is 1.21 bits per heavy atom. The van der Waals surface area contributed by atoms with E-state index in [-0.39, 0.29) is 18.5 Å². The molecule has 0 aromatic rings. The normalized spacial score (nSPS) is 17.2. The highest BCUT2D eigenvalue weighted by atomic mass is 16.4. The molecule has 1 atom stereocenters. The summed E-state index contributed by atoms with van der Waals surface area (Å²) in [5.41, 5.74) is 0. The van der Waals surface area contributed by atoms with Crippen LogP contribution in [-0.4, -0.2) is 84.5 Å². The maximum Gasteiger partial charge on any atom is 0.317 e. The lowest BCUT2D eigenvalue weighted by molar-refractivity contribution is -0.141. The van der Waals surface area contributed by atoms with E-state index in [4.69, 9.17) is 5.11 Å². The van der Waals surface area contributed by atoms with Crippen molar-refractivity contribution in [1.29, 1.82) is 0 Å². The molecule has 0 radical (unpaired) electrons. The highest BCUT2D eigenvalue weighted by Crippen LogP contribution is 2.12. The molecule has 110 valence electrons. The van der Waals surface area contributed by atoms with Crippen molar-refractivity contribution < 1.29 is 14.7 Å².